The van der Waals surface area contributed by atoms with Crippen LogP contribution in [0.15, 0.2) is 24.3 Å². The van der Waals surface area contributed by atoms with Crippen molar-refractivity contribution in [2.24, 2.45) is 11.7 Å². The minimum absolute atomic E-state index is 0.166. The van der Waals surface area contributed by atoms with Crippen molar-refractivity contribution in [3.05, 3.63) is 35.4 Å². The van der Waals surface area contributed by atoms with E-state index in [1.54, 1.807) is 6.92 Å². The fourth-order valence-corrected chi connectivity index (χ4v) is 3.68. The molecule has 0 radical (unpaired) electrons. The lowest BCUT2D eigenvalue weighted by Crippen LogP contribution is -2.45. The van der Waals surface area contributed by atoms with Gasteiger partial charge >= 0.3 is 0 Å². The summed E-state index contributed by atoms with van der Waals surface area (Å²) in [6.45, 7) is 11.1. The third kappa shape index (κ3) is 5.00. The molecule has 2 heterocycles. The molecule has 1 saturated heterocycles. The second-order valence-corrected chi connectivity index (χ2v) is 8.38. The SMILES string of the molecule is Cc1ccc2nc(N3CCC(NCC(C)C)CC3)c(C(=O)NC(C)N)cc2c1. The van der Waals surface area contributed by atoms with Crippen molar-refractivity contribution >= 4 is 22.6 Å². The Bertz CT molecular complexity index is 825. The maximum atomic E-state index is 12.8. The van der Waals surface area contributed by atoms with Gasteiger partial charge in [0.15, 0.2) is 0 Å². The van der Waals surface area contributed by atoms with Crippen LogP contribution >= 0.6 is 0 Å². The summed E-state index contributed by atoms with van der Waals surface area (Å²) in [6.07, 6.45) is 1.70. The van der Waals surface area contributed by atoms with E-state index in [0.717, 1.165) is 54.8 Å². The smallest absolute Gasteiger partial charge is 0.256 e. The fourth-order valence-electron chi connectivity index (χ4n) is 3.68. The van der Waals surface area contributed by atoms with Crippen LogP contribution in [-0.4, -0.2) is 42.7 Å². The van der Waals surface area contributed by atoms with E-state index in [1.807, 2.05) is 19.1 Å². The van der Waals surface area contributed by atoms with E-state index in [1.165, 1.54) is 0 Å². The van der Waals surface area contributed by atoms with Crippen LogP contribution in [0.4, 0.5) is 5.82 Å². The van der Waals surface area contributed by atoms with Gasteiger partial charge in [-0.2, -0.15) is 0 Å². The number of carbonyl (C=O) groups is 1. The van der Waals surface area contributed by atoms with E-state index in [9.17, 15) is 4.79 Å². The Hall–Kier alpha value is -2.18. The zero-order valence-corrected chi connectivity index (χ0v) is 17.5. The van der Waals surface area contributed by atoms with E-state index < -0.39 is 6.17 Å². The van der Waals surface area contributed by atoms with Crippen LogP contribution in [0.3, 0.4) is 0 Å². The summed E-state index contributed by atoms with van der Waals surface area (Å²) < 4.78 is 0. The summed E-state index contributed by atoms with van der Waals surface area (Å²) in [6, 6.07) is 8.63. The number of anilines is 1. The molecule has 0 spiro atoms. The van der Waals surface area contributed by atoms with Crippen LogP contribution in [0.2, 0.25) is 0 Å². The Kier molecular flexibility index (Phi) is 6.52. The first-order chi connectivity index (χ1) is 13.3. The van der Waals surface area contributed by atoms with E-state index >= 15 is 0 Å². The molecule has 2 aromatic rings. The van der Waals surface area contributed by atoms with E-state index in [-0.39, 0.29) is 5.91 Å². The average molecular weight is 384 g/mol. The molecule has 0 saturated carbocycles. The van der Waals surface area contributed by atoms with Gasteiger partial charge in [-0.25, -0.2) is 4.98 Å². The Balaban J connectivity index is 1.86. The van der Waals surface area contributed by atoms with Crippen LogP contribution in [0.1, 0.15) is 49.5 Å². The lowest BCUT2D eigenvalue weighted by Gasteiger charge is -2.34. The molecule has 28 heavy (non-hydrogen) atoms. The number of aromatic nitrogens is 1. The molecule has 1 aromatic carbocycles. The number of pyridine rings is 1. The molecule has 0 aliphatic carbocycles. The lowest BCUT2D eigenvalue weighted by atomic mass is 10.0. The second-order valence-electron chi connectivity index (χ2n) is 8.38. The molecule has 1 amide bonds. The summed E-state index contributed by atoms with van der Waals surface area (Å²) in [5, 5.41) is 7.45. The number of rotatable bonds is 6. The number of nitrogens with one attached hydrogen (secondary N) is 2. The van der Waals surface area contributed by atoms with Crippen LogP contribution in [0.5, 0.6) is 0 Å². The van der Waals surface area contributed by atoms with Gasteiger partial charge in [-0.1, -0.05) is 25.5 Å². The highest BCUT2D eigenvalue weighted by atomic mass is 16.1. The Morgan fingerprint density at radius 2 is 1.96 bits per heavy atom. The van der Waals surface area contributed by atoms with Crippen molar-refractivity contribution in [2.45, 2.75) is 52.7 Å². The Morgan fingerprint density at radius 3 is 2.61 bits per heavy atom. The predicted octanol–water partition coefficient (Wildman–Crippen LogP) is 2.79. The van der Waals surface area contributed by atoms with Crippen LogP contribution in [0.25, 0.3) is 10.9 Å². The summed E-state index contributed by atoms with van der Waals surface area (Å²) in [4.78, 5) is 19.9. The molecular formula is C22H33N5O. The Morgan fingerprint density at radius 1 is 1.25 bits per heavy atom. The first-order valence-electron chi connectivity index (χ1n) is 10.3. The van der Waals surface area contributed by atoms with Crippen molar-refractivity contribution in [3.63, 3.8) is 0 Å². The summed E-state index contributed by atoms with van der Waals surface area (Å²) in [5.41, 5.74) is 8.46. The molecule has 6 heteroatoms. The zero-order chi connectivity index (χ0) is 20.3. The third-order valence-electron chi connectivity index (χ3n) is 5.16. The monoisotopic (exact) mass is 383 g/mol. The van der Waals surface area contributed by atoms with E-state index in [2.05, 4.69) is 41.5 Å². The first kappa shape index (κ1) is 20.6. The molecule has 1 unspecified atom stereocenters. The van der Waals surface area contributed by atoms with Gasteiger partial charge in [0.25, 0.3) is 5.91 Å². The number of nitrogens with two attached hydrogens (primary N) is 1. The highest BCUT2D eigenvalue weighted by Crippen LogP contribution is 2.27. The largest absolute Gasteiger partial charge is 0.356 e. The maximum absolute atomic E-state index is 12.8. The topological polar surface area (TPSA) is 83.3 Å². The highest BCUT2D eigenvalue weighted by Gasteiger charge is 2.25. The minimum Gasteiger partial charge on any atom is -0.356 e. The molecule has 1 fully saturated rings. The Labute approximate surface area is 167 Å². The van der Waals surface area contributed by atoms with Crippen molar-refractivity contribution in [3.8, 4) is 0 Å². The lowest BCUT2D eigenvalue weighted by molar-refractivity contribution is 0.0941. The summed E-state index contributed by atoms with van der Waals surface area (Å²) in [7, 11) is 0. The van der Waals surface area contributed by atoms with Crippen LogP contribution in [-0.2, 0) is 0 Å². The second kappa shape index (κ2) is 8.88. The standard InChI is InChI=1S/C22H33N5O/c1-14(2)13-24-18-7-9-27(10-8-18)21-19(22(28)25-16(4)23)12-17-11-15(3)5-6-20(17)26-21/h5-6,11-12,14,16,18,24H,7-10,13,23H2,1-4H3,(H,25,28). The number of carbonyl (C=O) groups excluding carboxylic acids is 1. The van der Waals surface area contributed by atoms with Crippen LogP contribution < -0.4 is 21.3 Å². The van der Waals surface area contributed by atoms with Gasteiger partial charge in [-0.15, -0.1) is 0 Å². The van der Waals surface area contributed by atoms with Crippen molar-refractivity contribution in [2.75, 3.05) is 24.5 Å². The molecule has 6 nitrogen and oxygen atoms in total. The van der Waals surface area contributed by atoms with Gasteiger partial charge in [0, 0.05) is 24.5 Å². The average Bonchev–Trinajstić information content (AvgIpc) is 2.65. The van der Waals surface area contributed by atoms with E-state index in [4.69, 9.17) is 10.7 Å². The normalized spacial score (nSPS) is 16.6. The number of piperidine rings is 1. The minimum atomic E-state index is -0.403. The number of benzene rings is 1. The highest BCUT2D eigenvalue weighted by molar-refractivity contribution is 6.02. The molecule has 3 rings (SSSR count). The molecule has 0 bridgehead atoms. The van der Waals surface area contributed by atoms with Gasteiger partial charge in [0.2, 0.25) is 0 Å². The number of aryl methyl sites for hydroxylation is 1. The van der Waals surface area contributed by atoms with E-state index in [0.29, 0.717) is 17.5 Å². The molecule has 1 aliphatic rings. The molecule has 4 N–H and O–H groups in total. The van der Waals surface area contributed by atoms with Crippen molar-refractivity contribution in [1.29, 1.82) is 0 Å². The zero-order valence-electron chi connectivity index (χ0n) is 17.5. The molecule has 1 aromatic heterocycles. The fraction of sp³-hybridized carbons (Fsp3) is 0.545. The number of hydrogen-bond acceptors (Lipinski definition) is 5. The molecule has 1 atom stereocenters. The quantitative estimate of drug-likeness (QED) is 0.668. The van der Waals surface area contributed by atoms with Gasteiger partial charge in [-0.05, 0) is 57.4 Å². The summed E-state index contributed by atoms with van der Waals surface area (Å²) in [5.74, 6) is 1.25. The number of nitrogens with zero attached hydrogens (tertiary/aromatic N) is 2. The van der Waals surface area contributed by atoms with Crippen LogP contribution in [0, 0.1) is 12.8 Å². The first-order valence-corrected chi connectivity index (χ1v) is 10.3. The predicted molar refractivity (Wildman–Crippen MR) is 116 cm³/mol. The van der Waals surface area contributed by atoms with Gasteiger partial charge in [0.05, 0.1) is 17.2 Å². The summed E-state index contributed by atoms with van der Waals surface area (Å²) >= 11 is 0. The molecular weight excluding hydrogens is 350 g/mol. The molecule has 152 valence electrons. The number of fused-ring (bicyclic) bond motifs is 1. The van der Waals surface area contributed by atoms with Crippen molar-refractivity contribution < 1.29 is 4.79 Å². The molecule has 1 aliphatic heterocycles. The van der Waals surface area contributed by atoms with Crippen molar-refractivity contribution in [1.82, 2.24) is 15.6 Å². The maximum Gasteiger partial charge on any atom is 0.256 e. The van der Waals surface area contributed by atoms with Gasteiger partial charge in [0.1, 0.15) is 5.82 Å². The number of amides is 1. The third-order valence-corrected chi connectivity index (χ3v) is 5.16. The van der Waals surface area contributed by atoms with Gasteiger partial charge in [-0.3, -0.25) is 4.79 Å². The van der Waals surface area contributed by atoms with Gasteiger partial charge < -0.3 is 21.3 Å². The number of hydrogen-bond donors (Lipinski definition) is 3.